The van der Waals surface area contributed by atoms with E-state index in [1.807, 2.05) is 55.5 Å². The van der Waals surface area contributed by atoms with Crippen molar-refractivity contribution in [3.05, 3.63) is 81.1 Å². The first-order chi connectivity index (χ1) is 15.4. The minimum atomic E-state index is -0.906. The molecule has 4 rings (SSSR count). The minimum absolute atomic E-state index is 0.105. The number of amides is 2. The monoisotopic (exact) mass is 448 g/mol. The molecule has 3 N–H and O–H groups in total. The Bertz CT molecular complexity index is 1200. The van der Waals surface area contributed by atoms with Crippen LogP contribution in [0.3, 0.4) is 0 Å². The van der Waals surface area contributed by atoms with Crippen molar-refractivity contribution in [2.75, 3.05) is 10.6 Å². The van der Waals surface area contributed by atoms with Crippen molar-refractivity contribution in [2.45, 2.75) is 43.5 Å². The molecule has 1 aliphatic rings. The second-order valence-electron chi connectivity index (χ2n) is 7.75. The van der Waals surface area contributed by atoms with Gasteiger partial charge in [-0.15, -0.1) is 0 Å². The molecule has 1 aliphatic heterocycles. The fourth-order valence-corrected chi connectivity index (χ4v) is 4.35. The molecule has 2 amide bonds. The highest BCUT2D eigenvalue weighted by molar-refractivity contribution is 7.98. The SMILES string of the molecule is CCc1ccc(NC(=O)[C@@H]2CC(=O)Nc3nc(SCc4ccc(C)cc4)[nH]c(=O)c32)cc1. The van der Waals surface area contributed by atoms with Crippen molar-refractivity contribution < 1.29 is 9.59 Å². The predicted octanol–water partition coefficient (Wildman–Crippen LogP) is 4.00. The maximum absolute atomic E-state index is 12.9. The van der Waals surface area contributed by atoms with E-state index in [1.54, 1.807) is 0 Å². The molecule has 32 heavy (non-hydrogen) atoms. The summed E-state index contributed by atoms with van der Waals surface area (Å²) in [6.07, 6.45) is 0.794. The highest BCUT2D eigenvalue weighted by Crippen LogP contribution is 2.31. The number of aromatic nitrogens is 2. The van der Waals surface area contributed by atoms with Crippen LogP contribution in [0.4, 0.5) is 11.5 Å². The van der Waals surface area contributed by atoms with Crippen molar-refractivity contribution in [3.63, 3.8) is 0 Å². The van der Waals surface area contributed by atoms with Crippen LogP contribution in [0.1, 0.15) is 41.5 Å². The van der Waals surface area contributed by atoms with Crippen molar-refractivity contribution in [2.24, 2.45) is 0 Å². The number of nitrogens with one attached hydrogen (secondary N) is 3. The van der Waals surface area contributed by atoms with Gasteiger partial charge in [0.05, 0.1) is 11.5 Å². The number of aromatic amines is 1. The number of hydrogen-bond acceptors (Lipinski definition) is 5. The average molecular weight is 449 g/mol. The van der Waals surface area contributed by atoms with Crippen LogP contribution >= 0.6 is 11.8 Å². The molecule has 0 bridgehead atoms. The summed E-state index contributed by atoms with van der Waals surface area (Å²) in [5.74, 6) is -0.882. The molecule has 8 heteroatoms. The van der Waals surface area contributed by atoms with E-state index in [2.05, 4.69) is 27.5 Å². The van der Waals surface area contributed by atoms with Crippen LogP contribution < -0.4 is 16.2 Å². The fraction of sp³-hybridized carbons (Fsp3) is 0.250. The van der Waals surface area contributed by atoms with Crippen LogP contribution in [0.25, 0.3) is 0 Å². The van der Waals surface area contributed by atoms with Gasteiger partial charge in [-0.2, -0.15) is 0 Å². The lowest BCUT2D eigenvalue weighted by Gasteiger charge is -2.23. The number of benzene rings is 2. The summed E-state index contributed by atoms with van der Waals surface area (Å²) in [5, 5.41) is 5.85. The quantitative estimate of drug-likeness (QED) is 0.391. The van der Waals surface area contributed by atoms with Gasteiger partial charge in [-0.3, -0.25) is 14.4 Å². The second-order valence-corrected chi connectivity index (χ2v) is 8.72. The topological polar surface area (TPSA) is 104 Å². The number of nitrogens with zero attached hydrogens (tertiary/aromatic N) is 1. The van der Waals surface area contributed by atoms with E-state index in [0.717, 1.165) is 17.5 Å². The molecule has 0 saturated heterocycles. The summed E-state index contributed by atoms with van der Waals surface area (Å²) in [6.45, 7) is 4.08. The van der Waals surface area contributed by atoms with Gasteiger partial charge in [-0.05, 0) is 36.6 Å². The molecular weight excluding hydrogens is 424 g/mol. The number of rotatable bonds is 6. The third kappa shape index (κ3) is 4.91. The van der Waals surface area contributed by atoms with Crippen molar-refractivity contribution in [1.29, 1.82) is 0 Å². The van der Waals surface area contributed by atoms with Gasteiger partial charge in [0, 0.05) is 17.9 Å². The van der Waals surface area contributed by atoms with Crippen molar-refractivity contribution in [1.82, 2.24) is 9.97 Å². The molecule has 0 fully saturated rings. The number of aryl methyl sites for hydroxylation is 2. The maximum Gasteiger partial charge on any atom is 0.257 e. The number of carbonyl (C=O) groups excluding carboxylic acids is 2. The highest BCUT2D eigenvalue weighted by Gasteiger charge is 2.34. The van der Waals surface area contributed by atoms with Crippen LogP contribution in [0.2, 0.25) is 0 Å². The van der Waals surface area contributed by atoms with E-state index in [4.69, 9.17) is 0 Å². The largest absolute Gasteiger partial charge is 0.326 e. The Kier molecular flexibility index (Phi) is 6.41. The molecule has 7 nitrogen and oxygen atoms in total. The van der Waals surface area contributed by atoms with Crippen LogP contribution in [0.5, 0.6) is 0 Å². The van der Waals surface area contributed by atoms with E-state index < -0.39 is 17.4 Å². The Hall–Kier alpha value is -3.39. The number of hydrogen-bond donors (Lipinski definition) is 3. The highest BCUT2D eigenvalue weighted by atomic mass is 32.2. The Balaban J connectivity index is 1.54. The normalized spacial score (nSPS) is 15.1. The zero-order valence-corrected chi connectivity index (χ0v) is 18.7. The summed E-state index contributed by atoms with van der Waals surface area (Å²) in [7, 11) is 0. The number of anilines is 2. The molecular formula is C24H24N4O3S. The van der Waals surface area contributed by atoms with Gasteiger partial charge in [0.15, 0.2) is 5.16 Å². The Morgan fingerprint density at radius 1 is 1.09 bits per heavy atom. The summed E-state index contributed by atoms with van der Waals surface area (Å²) >= 11 is 1.36. The second kappa shape index (κ2) is 9.40. The molecule has 2 aromatic carbocycles. The van der Waals surface area contributed by atoms with Gasteiger partial charge >= 0.3 is 0 Å². The van der Waals surface area contributed by atoms with E-state index in [1.165, 1.54) is 17.3 Å². The molecule has 164 valence electrons. The average Bonchev–Trinajstić information content (AvgIpc) is 2.78. The molecule has 0 radical (unpaired) electrons. The van der Waals surface area contributed by atoms with E-state index in [-0.39, 0.29) is 23.7 Å². The smallest absolute Gasteiger partial charge is 0.257 e. The van der Waals surface area contributed by atoms with Crippen molar-refractivity contribution >= 4 is 35.1 Å². The van der Waals surface area contributed by atoms with Gasteiger partial charge in [0.25, 0.3) is 5.56 Å². The Morgan fingerprint density at radius 2 is 1.78 bits per heavy atom. The lowest BCUT2D eigenvalue weighted by atomic mass is 9.92. The molecule has 0 aliphatic carbocycles. The fourth-order valence-electron chi connectivity index (χ4n) is 3.53. The van der Waals surface area contributed by atoms with Gasteiger partial charge in [0.2, 0.25) is 11.8 Å². The lowest BCUT2D eigenvalue weighted by molar-refractivity contribution is -0.123. The summed E-state index contributed by atoms with van der Waals surface area (Å²) in [4.78, 5) is 45.2. The van der Waals surface area contributed by atoms with Crippen LogP contribution in [-0.2, 0) is 21.8 Å². The third-order valence-corrected chi connectivity index (χ3v) is 6.32. The number of carbonyl (C=O) groups is 2. The standard InChI is InChI=1S/C24H24N4O3S/c1-3-15-8-10-17(11-9-15)25-22(30)18-12-19(29)26-21-20(18)23(31)28-24(27-21)32-13-16-6-4-14(2)5-7-16/h4-11,18H,3,12-13H2,1-2H3,(H,25,30)(H2,26,27,28,29,31)/t18-/m1/s1. The van der Waals surface area contributed by atoms with Crippen LogP contribution in [0.15, 0.2) is 58.5 Å². The van der Waals surface area contributed by atoms with E-state index in [0.29, 0.717) is 16.6 Å². The van der Waals surface area contributed by atoms with Gasteiger partial charge < -0.3 is 15.6 Å². The zero-order chi connectivity index (χ0) is 22.7. The van der Waals surface area contributed by atoms with Gasteiger partial charge in [-0.1, -0.05) is 60.6 Å². The molecule has 2 heterocycles. The van der Waals surface area contributed by atoms with Crippen LogP contribution in [-0.4, -0.2) is 21.8 Å². The number of H-pyrrole nitrogens is 1. The molecule has 0 saturated carbocycles. The first kappa shape index (κ1) is 21.8. The first-order valence-corrected chi connectivity index (χ1v) is 11.4. The van der Waals surface area contributed by atoms with Gasteiger partial charge in [0.1, 0.15) is 5.82 Å². The number of thioether (sulfide) groups is 1. The Morgan fingerprint density at radius 3 is 2.47 bits per heavy atom. The summed E-state index contributed by atoms with van der Waals surface area (Å²) in [6, 6.07) is 15.6. The molecule has 1 atom stereocenters. The maximum atomic E-state index is 12.9. The number of fused-ring (bicyclic) bond motifs is 1. The summed E-state index contributed by atoms with van der Waals surface area (Å²) in [5.41, 5.74) is 3.81. The first-order valence-electron chi connectivity index (χ1n) is 10.4. The lowest BCUT2D eigenvalue weighted by Crippen LogP contribution is -2.36. The minimum Gasteiger partial charge on any atom is -0.326 e. The predicted molar refractivity (Wildman–Crippen MR) is 126 cm³/mol. The molecule has 0 unspecified atom stereocenters. The molecule has 3 aromatic rings. The third-order valence-electron chi connectivity index (χ3n) is 5.37. The van der Waals surface area contributed by atoms with E-state index in [9.17, 15) is 14.4 Å². The van der Waals surface area contributed by atoms with Crippen LogP contribution in [0, 0.1) is 6.92 Å². The summed E-state index contributed by atoms with van der Waals surface area (Å²) < 4.78 is 0. The zero-order valence-electron chi connectivity index (χ0n) is 17.9. The van der Waals surface area contributed by atoms with Gasteiger partial charge in [-0.25, -0.2) is 4.98 Å². The molecule has 0 spiro atoms. The molecule has 1 aromatic heterocycles. The van der Waals surface area contributed by atoms with Crippen molar-refractivity contribution in [3.8, 4) is 0 Å². The van der Waals surface area contributed by atoms with E-state index >= 15 is 0 Å². The Labute approximate surface area is 190 Å².